The number of fused-ring (bicyclic) bond motifs is 3. The van der Waals surface area contributed by atoms with Crippen molar-refractivity contribution in [3.63, 3.8) is 0 Å². The van der Waals surface area contributed by atoms with Gasteiger partial charge in [-0.25, -0.2) is 8.42 Å². The van der Waals surface area contributed by atoms with Gasteiger partial charge in [-0.1, -0.05) is 36.4 Å². The summed E-state index contributed by atoms with van der Waals surface area (Å²) in [6.45, 7) is 2.24. The highest BCUT2D eigenvalue weighted by Crippen LogP contribution is 2.51. The molecule has 0 amide bonds. The summed E-state index contributed by atoms with van der Waals surface area (Å²) < 4.78 is 34.8. The fraction of sp³-hybridized carbons (Fsp3) is 0.333. The third-order valence-corrected chi connectivity index (χ3v) is 9.43. The molecule has 0 saturated carbocycles. The highest BCUT2D eigenvalue weighted by Gasteiger charge is 2.50. The Morgan fingerprint density at radius 2 is 1.79 bits per heavy atom. The molecule has 0 spiro atoms. The molecule has 1 fully saturated rings. The Hall–Kier alpha value is -2.87. The summed E-state index contributed by atoms with van der Waals surface area (Å²) in [6, 6.07) is 20.7. The van der Waals surface area contributed by atoms with Gasteiger partial charge in [0.15, 0.2) is 0 Å². The molecule has 0 bridgehead atoms. The fourth-order valence-electron chi connectivity index (χ4n) is 5.64. The van der Waals surface area contributed by atoms with Crippen LogP contribution in [0.15, 0.2) is 71.6 Å². The zero-order valence-electron chi connectivity index (χ0n) is 19.7. The number of aliphatic hydroxyl groups is 1. The van der Waals surface area contributed by atoms with Crippen molar-refractivity contribution in [1.82, 2.24) is 4.31 Å². The van der Waals surface area contributed by atoms with Crippen LogP contribution in [0.2, 0.25) is 0 Å². The molecular weight excluding hydrogens is 448 g/mol. The number of nitrogens with zero attached hydrogens (tertiary/aromatic N) is 2. The normalized spacial score (nSPS) is 22.4. The van der Waals surface area contributed by atoms with E-state index in [2.05, 4.69) is 11.0 Å². The van der Waals surface area contributed by atoms with Crippen molar-refractivity contribution in [1.29, 1.82) is 0 Å². The molecule has 178 valence electrons. The lowest BCUT2D eigenvalue weighted by Crippen LogP contribution is -2.48. The number of sulfonamides is 1. The molecule has 0 unspecified atom stereocenters. The van der Waals surface area contributed by atoms with Crippen molar-refractivity contribution in [2.45, 2.75) is 30.3 Å². The number of hydrogen-bond donors (Lipinski definition) is 1. The predicted octanol–water partition coefficient (Wildman–Crippen LogP) is 4.23. The number of aliphatic hydroxyl groups excluding tert-OH is 1. The van der Waals surface area contributed by atoms with E-state index in [0.29, 0.717) is 17.9 Å². The standard InChI is InChI=1S/C27H30N2O4S/c1-18-7-4-5-10-26(18)34(31,32)29-14-13-22-25(17-30)28(2)24-12-11-20(16-23(24)27(22)29)19-8-6-9-21(15-19)33-3/h4-12,15-16,22,25,27,30H,13-14,17H2,1-3H3/t22-,25+,27-/m0/s1. The molecule has 0 radical (unpaired) electrons. The Labute approximate surface area is 201 Å². The van der Waals surface area contributed by atoms with E-state index in [4.69, 9.17) is 4.74 Å². The maximum absolute atomic E-state index is 13.9. The van der Waals surface area contributed by atoms with Gasteiger partial charge < -0.3 is 14.7 Å². The van der Waals surface area contributed by atoms with Crippen LogP contribution in [0.3, 0.4) is 0 Å². The van der Waals surface area contributed by atoms with Crippen LogP contribution in [0.25, 0.3) is 11.1 Å². The molecule has 1 saturated heterocycles. The zero-order chi connectivity index (χ0) is 24.0. The van der Waals surface area contributed by atoms with Gasteiger partial charge in [-0.05, 0) is 65.9 Å². The maximum Gasteiger partial charge on any atom is 0.243 e. The number of ether oxygens (including phenoxy) is 1. The van der Waals surface area contributed by atoms with Gasteiger partial charge in [-0.3, -0.25) is 0 Å². The number of benzene rings is 3. The van der Waals surface area contributed by atoms with Crippen LogP contribution in [-0.2, 0) is 10.0 Å². The number of rotatable bonds is 5. The van der Waals surface area contributed by atoms with Gasteiger partial charge in [-0.2, -0.15) is 4.31 Å². The third kappa shape index (κ3) is 3.59. The Morgan fingerprint density at radius 3 is 2.53 bits per heavy atom. The van der Waals surface area contributed by atoms with E-state index < -0.39 is 10.0 Å². The van der Waals surface area contributed by atoms with Gasteiger partial charge in [0.2, 0.25) is 10.0 Å². The summed E-state index contributed by atoms with van der Waals surface area (Å²) in [5.74, 6) is 0.775. The molecule has 0 aliphatic carbocycles. The summed E-state index contributed by atoms with van der Waals surface area (Å²) in [7, 11) is -0.0746. The minimum Gasteiger partial charge on any atom is -0.497 e. The topological polar surface area (TPSA) is 70.1 Å². The first kappa shape index (κ1) is 22.9. The minimum atomic E-state index is -3.71. The average Bonchev–Trinajstić information content (AvgIpc) is 3.30. The number of likely N-dealkylation sites (N-methyl/N-ethyl adjacent to an activating group) is 1. The van der Waals surface area contributed by atoms with Gasteiger partial charge in [0.1, 0.15) is 5.75 Å². The van der Waals surface area contributed by atoms with Gasteiger partial charge >= 0.3 is 0 Å². The highest BCUT2D eigenvalue weighted by atomic mass is 32.2. The van der Waals surface area contributed by atoms with Crippen LogP contribution in [0.4, 0.5) is 5.69 Å². The molecule has 3 aromatic rings. The van der Waals surface area contributed by atoms with Gasteiger partial charge in [-0.15, -0.1) is 0 Å². The summed E-state index contributed by atoms with van der Waals surface area (Å²) in [5, 5.41) is 10.3. The van der Waals surface area contributed by atoms with Crippen LogP contribution in [0, 0.1) is 12.8 Å². The van der Waals surface area contributed by atoms with Crippen molar-refractivity contribution >= 4 is 15.7 Å². The maximum atomic E-state index is 13.9. The Bertz CT molecular complexity index is 1320. The molecule has 7 heteroatoms. The first-order valence-electron chi connectivity index (χ1n) is 11.6. The lowest BCUT2D eigenvalue weighted by molar-refractivity contribution is 0.193. The second kappa shape index (κ2) is 8.73. The molecule has 3 aromatic carbocycles. The predicted molar refractivity (Wildman–Crippen MR) is 134 cm³/mol. The van der Waals surface area contributed by atoms with E-state index in [1.165, 1.54) is 0 Å². The van der Waals surface area contributed by atoms with Crippen LogP contribution in [-0.4, -0.2) is 51.2 Å². The average molecular weight is 479 g/mol. The molecule has 3 atom stereocenters. The quantitative estimate of drug-likeness (QED) is 0.594. The van der Waals surface area contributed by atoms with E-state index in [-0.39, 0.29) is 24.6 Å². The molecule has 0 aromatic heterocycles. The second-order valence-electron chi connectivity index (χ2n) is 9.14. The van der Waals surface area contributed by atoms with Crippen LogP contribution in [0.1, 0.15) is 23.6 Å². The Kier molecular flexibility index (Phi) is 5.88. The number of hydrogen-bond acceptors (Lipinski definition) is 5. The molecule has 2 aliphatic heterocycles. The fourth-order valence-corrected chi connectivity index (χ4v) is 7.53. The summed E-state index contributed by atoms with van der Waals surface area (Å²) >= 11 is 0. The van der Waals surface area contributed by atoms with E-state index in [0.717, 1.165) is 33.7 Å². The minimum absolute atomic E-state index is 0.00172. The van der Waals surface area contributed by atoms with Crippen molar-refractivity contribution in [2.75, 3.05) is 32.2 Å². The molecular formula is C27H30N2O4S. The number of methoxy groups -OCH3 is 1. The van der Waals surface area contributed by atoms with E-state index >= 15 is 0 Å². The van der Waals surface area contributed by atoms with Gasteiger partial charge in [0.25, 0.3) is 0 Å². The van der Waals surface area contributed by atoms with Crippen LogP contribution in [0.5, 0.6) is 5.75 Å². The van der Waals surface area contributed by atoms with Gasteiger partial charge in [0.05, 0.1) is 30.7 Å². The summed E-state index contributed by atoms with van der Waals surface area (Å²) in [6.07, 6.45) is 0.703. The molecule has 6 nitrogen and oxygen atoms in total. The van der Waals surface area contributed by atoms with E-state index in [9.17, 15) is 13.5 Å². The number of aryl methyl sites for hydroxylation is 1. The molecule has 34 heavy (non-hydrogen) atoms. The largest absolute Gasteiger partial charge is 0.497 e. The third-order valence-electron chi connectivity index (χ3n) is 7.39. The zero-order valence-corrected chi connectivity index (χ0v) is 20.5. The van der Waals surface area contributed by atoms with Crippen LogP contribution < -0.4 is 9.64 Å². The summed E-state index contributed by atoms with van der Waals surface area (Å²) in [5.41, 5.74) is 4.69. The van der Waals surface area contributed by atoms with Gasteiger partial charge in [0, 0.05) is 25.2 Å². The van der Waals surface area contributed by atoms with E-state index in [1.807, 2.05) is 62.5 Å². The van der Waals surface area contributed by atoms with Crippen molar-refractivity contribution in [2.24, 2.45) is 5.92 Å². The Balaban J connectivity index is 1.65. The van der Waals surface area contributed by atoms with Crippen molar-refractivity contribution < 1.29 is 18.3 Å². The molecule has 1 N–H and O–H groups in total. The number of anilines is 1. The lowest BCUT2D eigenvalue weighted by Gasteiger charge is -2.44. The molecule has 2 aliphatic rings. The van der Waals surface area contributed by atoms with Crippen molar-refractivity contribution in [3.05, 3.63) is 77.9 Å². The second-order valence-corrected chi connectivity index (χ2v) is 11.0. The van der Waals surface area contributed by atoms with E-state index in [1.54, 1.807) is 23.5 Å². The Morgan fingerprint density at radius 1 is 1.03 bits per heavy atom. The first-order valence-corrected chi connectivity index (χ1v) is 13.0. The van der Waals surface area contributed by atoms with Crippen LogP contribution >= 0.6 is 0 Å². The SMILES string of the molecule is COc1cccc(-c2ccc3c(c2)[C@@H]2[C@@H](CCN2S(=O)(=O)c2ccccc2C)[C@@H](CO)N3C)c1. The lowest BCUT2D eigenvalue weighted by atomic mass is 9.81. The molecule has 2 heterocycles. The highest BCUT2D eigenvalue weighted by molar-refractivity contribution is 7.89. The monoisotopic (exact) mass is 478 g/mol. The smallest absolute Gasteiger partial charge is 0.243 e. The first-order chi connectivity index (χ1) is 16.4. The van der Waals surface area contributed by atoms with Crippen molar-refractivity contribution in [3.8, 4) is 16.9 Å². The summed E-state index contributed by atoms with van der Waals surface area (Å²) in [4.78, 5) is 2.45. The molecule has 5 rings (SSSR count).